The first-order chi connectivity index (χ1) is 20.2. The molecule has 0 saturated heterocycles. The van der Waals surface area contributed by atoms with Crippen LogP contribution in [0.1, 0.15) is 32.6 Å². The molecule has 0 heterocycles. The van der Waals surface area contributed by atoms with Crippen LogP contribution >= 0.6 is 15.2 Å². The van der Waals surface area contributed by atoms with E-state index in [0.717, 1.165) is 12.1 Å². The van der Waals surface area contributed by atoms with Gasteiger partial charge in [-0.25, -0.2) is 4.57 Å². The van der Waals surface area contributed by atoms with Crippen molar-refractivity contribution >= 4 is 21.0 Å². The summed E-state index contributed by atoms with van der Waals surface area (Å²) in [5.41, 5.74) is -4.78. The molecule has 0 saturated carbocycles. The van der Waals surface area contributed by atoms with Crippen molar-refractivity contribution in [2.45, 2.75) is 30.1 Å². The van der Waals surface area contributed by atoms with E-state index in [2.05, 4.69) is 4.52 Å². The van der Waals surface area contributed by atoms with Gasteiger partial charge in [0.1, 0.15) is 5.75 Å². The predicted octanol–water partition coefficient (Wildman–Crippen LogP) is 7.31. The second kappa shape index (κ2) is 12.6. The minimum absolute atomic E-state index is 0.0248. The number of hydrogen-bond donors (Lipinski definition) is 3. The maximum atomic E-state index is 14.4. The van der Waals surface area contributed by atoms with Crippen molar-refractivity contribution in [2.24, 2.45) is 0 Å². The summed E-state index contributed by atoms with van der Waals surface area (Å²) in [6.07, 6.45) is -3.60. The van der Waals surface area contributed by atoms with Gasteiger partial charge in [0, 0.05) is 11.1 Å². The third-order valence-electron chi connectivity index (χ3n) is 6.88. The van der Waals surface area contributed by atoms with Crippen molar-refractivity contribution in [2.75, 3.05) is 0 Å². The fraction of sp³-hybridized carbons (Fsp3) is 0.167. The van der Waals surface area contributed by atoms with Crippen molar-refractivity contribution in [3.05, 3.63) is 137 Å². The Morgan fingerprint density at radius 2 is 1.16 bits per heavy atom. The van der Waals surface area contributed by atoms with Crippen molar-refractivity contribution in [1.82, 2.24) is 0 Å². The van der Waals surface area contributed by atoms with Gasteiger partial charge in [-0.3, -0.25) is 9.36 Å². The molecule has 4 rings (SSSR count). The van der Waals surface area contributed by atoms with E-state index in [1.165, 1.54) is 36.4 Å². The first-order valence-corrected chi connectivity index (χ1v) is 16.0. The van der Waals surface area contributed by atoms with Crippen LogP contribution in [0.5, 0.6) is 5.75 Å². The Morgan fingerprint density at radius 3 is 1.63 bits per heavy atom. The van der Waals surface area contributed by atoms with E-state index in [9.17, 15) is 36.4 Å². The Hall–Kier alpha value is -3.59. The summed E-state index contributed by atoms with van der Waals surface area (Å²) >= 11 is 0. The van der Waals surface area contributed by atoms with E-state index < -0.39 is 38.0 Å². The average molecular weight is 636 g/mol. The topological polar surface area (TPSA) is 121 Å². The lowest BCUT2D eigenvalue weighted by Crippen LogP contribution is -2.40. The molecule has 43 heavy (non-hydrogen) atoms. The standard InChI is InChI=1S/C30H26F4O7P2/c31-28(32)42(36,37)41-26-17-13-22(14-18-26)20-29(24-9-5-2-6-10-24,27(35)23-7-3-1-4-8-23)19-21-11-15-25(16-12-21)30(33,34)43(38,39)40/h1-18,28H,19-20H2,(H,36,37)(H2,38,39,40). The lowest BCUT2D eigenvalue weighted by molar-refractivity contribution is 0.0564. The van der Waals surface area contributed by atoms with E-state index in [1.807, 2.05) is 0 Å². The Kier molecular flexibility index (Phi) is 9.45. The van der Waals surface area contributed by atoms with E-state index in [4.69, 9.17) is 9.79 Å². The van der Waals surface area contributed by atoms with E-state index in [0.29, 0.717) is 22.3 Å². The van der Waals surface area contributed by atoms with Gasteiger partial charge >= 0.3 is 27.0 Å². The van der Waals surface area contributed by atoms with Gasteiger partial charge in [0.2, 0.25) is 0 Å². The number of carbonyl (C=O) groups excluding carboxylic acids is 1. The molecule has 13 heteroatoms. The minimum atomic E-state index is -5.79. The van der Waals surface area contributed by atoms with E-state index in [1.54, 1.807) is 60.7 Å². The maximum Gasteiger partial charge on any atom is 0.442 e. The van der Waals surface area contributed by atoms with Gasteiger partial charge in [-0.1, -0.05) is 97.1 Å². The molecule has 0 amide bonds. The van der Waals surface area contributed by atoms with Crippen LogP contribution < -0.4 is 4.52 Å². The molecule has 4 aromatic carbocycles. The zero-order chi connectivity index (χ0) is 31.5. The Bertz CT molecular complexity index is 1650. The third kappa shape index (κ3) is 7.15. The van der Waals surface area contributed by atoms with Gasteiger partial charge in [0.25, 0.3) is 0 Å². The van der Waals surface area contributed by atoms with Crippen molar-refractivity contribution in [1.29, 1.82) is 0 Å². The molecule has 226 valence electrons. The summed E-state index contributed by atoms with van der Waals surface area (Å²) in [5.74, 6) is -0.599. The smallest absolute Gasteiger partial charge is 0.421 e. The Labute approximate surface area is 244 Å². The molecule has 0 fully saturated rings. The summed E-state index contributed by atoms with van der Waals surface area (Å²) in [6, 6.07) is 26.8. The Balaban J connectivity index is 1.80. The number of hydrogen-bond acceptors (Lipinski definition) is 4. The van der Waals surface area contributed by atoms with Crippen LogP contribution in [-0.4, -0.2) is 26.6 Å². The number of Topliss-reactive ketones (excluding diaryl/α,β-unsaturated/α-hetero) is 1. The van der Waals surface area contributed by atoms with Crippen molar-refractivity contribution in [3.63, 3.8) is 0 Å². The number of ketones is 1. The Morgan fingerprint density at radius 1 is 0.698 bits per heavy atom. The third-order valence-corrected chi connectivity index (χ3v) is 8.84. The molecular weight excluding hydrogens is 610 g/mol. The van der Waals surface area contributed by atoms with Gasteiger partial charge in [0.15, 0.2) is 5.78 Å². The van der Waals surface area contributed by atoms with Crippen LogP contribution in [0.2, 0.25) is 0 Å². The molecule has 2 unspecified atom stereocenters. The zero-order valence-corrected chi connectivity index (χ0v) is 24.1. The van der Waals surface area contributed by atoms with Crippen molar-refractivity contribution in [3.8, 4) is 5.75 Å². The van der Waals surface area contributed by atoms with Crippen LogP contribution in [0.25, 0.3) is 0 Å². The van der Waals surface area contributed by atoms with Gasteiger partial charge in [-0.05, 0) is 41.7 Å². The highest BCUT2D eigenvalue weighted by molar-refractivity contribution is 7.53. The number of alkyl halides is 4. The first kappa shape index (κ1) is 32.3. The highest BCUT2D eigenvalue weighted by atomic mass is 31.2. The first-order valence-electron chi connectivity index (χ1n) is 12.7. The highest BCUT2D eigenvalue weighted by Gasteiger charge is 2.50. The molecule has 0 bridgehead atoms. The SMILES string of the molecule is O=C(c1ccccc1)C(Cc1ccc(OP(=O)(O)C(F)F)cc1)(Cc1ccc(C(F)(F)P(=O)(O)O)cc1)c1ccccc1. The van der Waals surface area contributed by atoms with Gasteiger partial charge in [-0.15, -0.1) is 0 Å². The van der Waals surface area contributed by atoms with Crippen molar-refractivity contribution < 1.29 is 50.7 Å². The number of carbonyl (C=O) groups is 1. The normalized spacial score (nSPS) is 15.0. The fourth-order valence-corrected chi connectivity index (χ4v) is 5.72. The number of halogens is 4. The van der Waals surface area contributed by atoms with Crippen LogP contribution in [0.4, 0.5) is 17.6 Å². The molecule has 0 spiro atoms. The second-order valence-electron chi connectivity index (χ2n) is 9.86. The van der Waals surface area contributed by atoms with Crippen LogP contribution in [0, 0.1) is 0 Å². The largest absolute Gasteiger partial charge is 0.442 e. The summed E-state index contributed by atoms with van der Waals surface area (Å²) in [6.45, 7) is 0. The molecule has 0 aliphatic carbocycles. The number of benzene rings is 4. The molecule has 0 aliphatic heterocycles. The van der Waals surface area contributed by atoms with Crippen LogP contribution in [0.15, 0.2) is 109 Å². The van der Waals surface area contributed by atoms with E-state index >= 15 is 0 Å². The summed E-state index contributed by atoms with van der Waals surface area (Å²) in [5, 5.41) is 0. The lowest BCUT2D eigenvalue weighted by atomic mass is 9.67. The van der Waals surface area contributed by atoms with Gasteiger partial charge in [-0.2, -0.15) is 17.6 Å². The quantitative estimate of drug-likeness (QED) is 0.0848. The molecule has 3 N–H and O–H groups in total. The fourth-order valence-electron chi connectivity index (χ4n) is 4.73. The van der Waals surface area contributed by atoms with Crippen LogP contribution in [0.3, 0.4) is 0 Å². The minimum Gasteiger partial charge on any atom is -0.421 e. The monoisotopic (exact) mass is 636 g/mol. The molecule has 0 radical (unpaired) electrons. The molecule has 0 aromatic heterocycles. The summed E-state index contributed by atoms with van der Waals surface area (Å²) in [4.78, 5) is 42.0. The maximum absolute atomic E-state index is 14.4. The predicted molar refractivity (Wildman–Crippen MR) is 152 cm³/mol. The molecular formula is C30H26F4O7P2. The number of rotatable bonds is 12. The van der Waals surface area contributed by atoms with E-state index in [-0.39, 0.29) is 24.4 Å². The lowest BCUT2D eigenvalue weighted by Gasteiger charge is -2.34. The van der Waals surface area contributed by atoms with Gasteiger partial charge in [0.05, 0.1) is 5.41 Å². The second-order valence-corrected chi connectivity index (χ2v) is 13.2. The van der Waals surface area contributed by atoms with Gasteiger partial charge < -0.3 is 19.2 Å². The van der Waals surface area contributed by atoms with Crippen LogP contribution in [-0.2, 0) is 33.1 Å². The molecule has 2 atom stereocenters. The zero-order valence-electron chi connectivity index (χ0n) is 22.3. The molecule has 4 aromatic rings. The highest BCUT2D eigenvalue weighted by Crippen LogP contribution is 2.59. The molecule has 0 aliphatic rings. The average Bonchev–Trinajstić information content (AvgIpc) is 2.98. The summed E-state index contributed by atoms with van der Waals surface area (Å²) in [7, 11) is -11.0. The summed E-state index contributed by atoms with van der Waals surface area (Å²) < 4.78 is 81.9. The molecule has 7 nitrogen and oxygen atoms in total.